The lowest BCUT2D eigenvalue weighted by molar-refractivity contribution is 0.534. The molecule has 1 aromatic rings. The molecule has 0 fully saturated rings. The maximum Gasteiger partial charge on any atom is 0.194 e. The van der Waals surface area contributed by atoms with Crippen molar-refractivity contribution in [2.75, 3.05) is 39.1 Å². The predicted molar refractivity (Wildman–Crippen MR) is 88.0 cm³/mol. The summed E-state index contributed by atoms with van der Waals surface area (Å²) in [4.78, 5) is 8.67. The number of hydrogen-bond donors (Lipinski definition) is 1. The zero-order chi connectivity index (χ0) is 12.3. The predicted octanol–water partition coefficient (Wildman–Crippen LogP) is 1.76. The lowest BCUT2D eigenvalue weighted by Crippen LogP contribution is -2.35. The van der Waals surface area contributed by atoms with Crippen LogP contribution in [-0.2, 0) is 6.54 Å². The first kappa shape index (κ1) is 15.1. The summed E-state index contributed by atoms with van der Waals surface area (Å²) in [6, 6.07) is 8.53. The molecular formula is C13H21IN4. The molecule has 0 spiro atoms. The lowest BCUT2D eigenvalue weighted by atomic mass is 10.2. The molecule has 5 heteroatoms. The van der Waals surface area contributed by atoms with Crippen molar-refractivity contribution in [3.05, 3.63) is 29.8 Å². The number of guanidine groups is 1. The second kappa shape index (κ2) is 6.82. The van der Waals surface area contributed by atoms with Gasteiger partial charge < -0.3 is 15.1 Å². The van der Waals surface area contributed by atoms with E-state index >= 15 is 0 Å². The SMILES string of the molecule is CN1CCN=C1NCc1cccc(N(C)C)c1.I. The van der Waals surface area contributed by atoms with Gasteiger partial charge in [0.2, 0.25) is 0 Å². The molecule has 0 aliphatic carbocycles. The van der Waals surface area contributed by atoms with Crippen molar-refractivity contribution in [3.8, 4) is 0 Å². The van der Waals surface area contributed by atoms with Crippen LogP contribution in [0.4, 0.5) is 5.69 Å². The molecule has 0 aromatic heterocycles. The van der Waals surface area contributed by atoms with Crippen LogP contribution in [0.1, 0.15) is 5.56 Å². The highest BCUT2D eigenvalue weighted by Gasteiger charge is 2.11. The number of nitrogens with one attached hydrogen (secondary N) is 1. The van der Waals surface area contributed by atoms with Crippen LogP contribution in [0, 0.1) is 0 Å². The van der Waals surface area contributed by atoms with Crippen molar-refractivity contribution in [2.45, 2.75) is 6.54 Å². The molecule has 18 heavy (non-hydrogen) atoms. The Labute approximate surface area is 126 Å². The van der Waals surface area contributed by atoms with Gasteiger partial charge in [-0.2, -0.15) is 0 Å². The number of nitrogens with zero attached hydrogens (tertiary/aromatic N) is 3. The van der Waals surface area contributed by atoms with Crippen LogP contribution in [-0.4, -0.2) is 45.1 Å². The molecule has 1 aliphatic rings. The molecule has 0 atom stereocenters. The highest BCUT2D eigenvalue weighted by Crippen LogP contribution is 2.13. The summed E-state index contributed by atoms with van der Waals surface area (Å²) in [5, 5.41) is 3.37. The summed E-state index contributed by atoms with van der Waals surface area (Å²) < 4.78 is 0. The van der Waals surface area contributed by atoms with E-state index in [1.165, 1.54) is 11.3 Å². The monoisotopic (exact) mass is 360 g/mol. The zero-order valence-electron chi connectivity index (χ0n) is 11.2. The van der Waals surface area contributed by atoms with E-state index in [1.54, 1.807) is 0 Å². The van der Waals surface area contributed by atoms with E-state index in [2.05, 4.69) is 65.5 Å². The Morgan fingerprint density at radius 3 is 2.78 bits per heavy atom. The van der Waals surface area contributed by atoms with Gasteiger partial charge in [0.05, 0.1) is 6.54 Å². The molecule has 4 nitrogen and oxygen atoms in total. The van der Waals surface area contributed by atoms with Crippen LogP contribution >= 0.6 is 24.0 Å². The van der Waals surface area contributed by atoms with E-state index < -0.39 is 0 Å². The average Bonchev–Trinajstić information content (AvgIpc) is 2.72. The third kappa shape index (κ3) is 3.76. The van der Waals surface area contributed by atoms with Crippen LogP contribution in [0.15, 0.2) is 29.3 Å². The Kier molecular flexibility index (Phi) is 5.71. The number of rotatable bonds is 3. The topological polar surface area (TPSA) is 30.9 Å². The van der Waals surface area contributed by atoms with Gasteiger partial charge >= 0.3 is 0 Å². The number of benzene rings is 1. The van der Waals surface area contributed by atoms with Gasteiger partial charge in [0.1, 0.15) is 0 Å². The summed E-state index contributed by atoms with van der Waals surface area (Å²) in [7, 11) is 6.18. The number of anilines is 1. The zero-order valence-corrected chi connectivity index (χ0v) is 13.5. The molecule has 0 saturated heterocycles. The van der Waals surface area contributed by atoms with E-state index in [4.69, 9.17) is 0 Å². The van der Waals surface area contributed by atoms with Crippen LogP contribution in [0.3, 0.4) is 0 Å². The van der Waals surface area contributed by atoms with Gasteiger partial charge in [0, 0.05) is 39.9 Å². The molecular weight excluding hydrogens is 339 g/mol. The van der Waals surface area contributed by atoms with E-state index in [9.17, 15) is 0 Å². The van der Waals surface area contributed by atoms with Crippen LogP contribution in [0.2, 0.25) is 0 Å². The normalized spacial score (nSPS) is 13.9. The summed E-state index contributed by atoms with van der Waals surface area (Å²) >= 11 is 0. The maximum atomic E-state index is 4.41. The van der Waals surface area contributed by atoms with Crippen LogP contribution in [0.5, 0.6) is 0 Å². The van der Waals surface area contributed by atoms with Crippen LogP contribution in [0.25, 0.3) is 0 Å². The maximum absolute atomic E-state index is 4.41. The summed E-state index contributed by atoms with van der Waals surface area (Å²) in [5.74, 6) is 1.00. The van der Waals surface area contributed by atoms with Gasteiger partial charge in [0.25, 0.3) is 0 Å². The molecule has 1 aromatic carbocycles. The minimum absolute atomic E-state index is 0. The third-order valence-corrected chi connectivity index (χ3v) is 2.94. The van der Waals surface area contributed by atoms with Gasteiger partial charge in [-0.3, -0.25) is 4.99 Å². The van der Waals surface area contributed by atoms with Crippen molar-refractivity contribution in [1.29, 1.82) is 0 Å². The highest BCUT2D eigenvalue weighted by atomic mass is 127. The van der Waals surface area contributed by atoms with Gasteiger partial charge in [-0.1, -0.05) is 12.1 Å². The molecule has 1 N–H and O–H groups in total. The molecule has 1 heterocycles. The quantitative estimate of drug-likeness (QED) is 0.834. The molecule has 100 valence electrons. The van der Waals surface area contributed by atoms with Crippen molar-refractivity contribution in [1.82, 2.24) is 10.2 Å². The molecule has 0 saturated carbocycles. The molecule has 0 bridgehead atoms. The molecule has 0 unspecified atom stereocenters. The van der Waals surface area contributed by atoms with E-state index in [1.807, 2.05) is 0 Å². The van der Waals surface area contributed by atoms with E-state index in [-0.39, 0.29) is 24.0 Å². The summed E-state index contributed by atoms with van der Waals surface area (Å²) in [6.45, 7) is 2.74. The summed E-state index contributed by atoms with van der Waals surface area (Å²) in [6.07, 6.45) is 0. The first-order valence-corrected chi connectivity index (χ1v) is 5.92. The van der Waals surface area contributed by atoms with Crippen molar-refractivity contribution < 1.29 is 0 Å². The number of hydrogen-bond acceptors (Lipinski definition) is 4. The fourth-order valence-electron chi connectivity index (χ4n) is 1.85. The Morgan fingerprint density at radius 1 is 1.39 bits per heavy atom. The van der Waals surface area contributed by atoms with Crippen molar-refractivity contribution in [2.24, 2.45) is 4.99 Å². The molecule has 0 amide bonds. The van der Waals surface area contributed by atoms with Crippen molar-refractivity contribution >= 4 is 35.6 Å². The first-order valence-electron chi connectivity index (χ1n) is 5.92. The lowest BCUT2D eigenvalue weighted by Gasteiger charge is -2.17. The Bertz CT molecular complexity index is 417. The van der Waals surface area contributed by atoms with E-state index in [0.717, 1.165) is 25.6 Å². The fraction of sp³-hybridized carbons (Fsp3) is 0.462. The number of aliphatic imine (C=N–C) groups is 1. The molecule has 1 aliphatic heterocycles. The second-order valence-electron chi connectivity index (χ2n) is 4.54. The largest absolute Gasteiger partial charge is 0.378 e. The average molecular weight is 360 g/mol. The Hall–Kier alpha value is -0.980. The molecule has 2 rings (SSSR count). The highest BCUT2D eigenvalue weighted by molar-refractivity contribution is 14.0. The first-order chi connectivity index (χ1) is 8.16. The summed E-state index contributed by atoms with van der Waals surface area (Å²) in [5.41, 5.74) is 2.50. The minimum atomic E-state index is 0. The minimum Gasteiger partial charge on any atom is -0.378 e. The van der Waals surface area contributed by atoms with Gasteiger partial charge in [-0.05, 0) is 17.7 Å². The standard InChI is InChI=1S/C13H20N4.HI/c1-16(2)12-6-4-5-11(9-12)10-15-13-14-7-8-17(13)3;/h4-6,9H,7-8,10H2,1-3H3,(H,14,15);1H. The molecule has 0 radical (unpaired) electrons. The number of halogens is 1. The third-order valence-electron chi connectivity index (χ3n) is 2.94. The van der Waals surface area contributed by atoms with Gasteiger partial charge in [-0.15, -0.1) is 24.0 Å². The van der Waals surface area contributed by atoms with Crippen molar-refractivity contribution in [3.63, 3.8) is 0 Å². The Balaban J connectivity index is 0.00000162. The van der Waals surface area contributed by atoms with E-state index in [0.29, 0.717) is 0 Å². The smallest absolute Gasteiger partial charge is 0.194 e. The van der Waals surface area contributed by atoms with Gasteiger partial charge in [-0.25, -0.2) is 0 Å². The number of likely N-dealkylation sites (N-methyl/N-ethyl adjacent to an activating group) is 1. The van der Waals surface area contributed by atoms with Gasteiger partial charge in [0.15, 0.2) is 5.96 Å². The van der Waals surface area contributed by atoms with Crippen LogP contribution < -0.4 is 10.2 Å². The second-order valence-corrected chi connectivity index (χ2v) is 4.54. The Morgan fingerprint density at radius 2 is 2.17 bits per heavy atom. The fourth-order valence-corrected chi connectivity index (χ4v) is 1.85.